The number of cyclic esters (lactones) is 1. The van der Waals surface area contributed by atoms with E-state index in [0.717, 1.165) is 43.2 Å². The summed E-state index contributed by atoms with van der Waals surface area (Å²) < 4.78 is 16.1. The smallest absolute Gasteiger partial charge is 0.331 e. The fourth-order valence-electron chi connectivity index (χ4n) is 9.82. The normalized spacial score (nSPS) is 41.8. The van der Waals surface area contributed by atoms with Crippen LogP contribution >= 0.6 is 0 Å². The standard InChI is InChI=1S/C33H45NO7/c1-30-11-7-25-26(33(30,38)14-9-24(30)22-17-29(36)41-19-22)8-13-32(37)18-23(35)6-12-31(25,32)20-34-15-10-21-4-5-27(39-2)28(16-21)40-3/h4-5,16-17,20,23-26,35,37-38H,6-15,18-19H2,1-3H3/t23-,24+,25-,26+,30+,31-,32+,33-/m0/s1. The van der Waals surface area contributed by atoms with Crippen molar-refractivity contribution in [3.05, 3.63) is 35.4 Å². The fraction of sp³-hybridized carbons (Fsp3) is 0.697. The Morgan fingerprint density at radius 1 is 1.02 bits per heavy atom. The summed E-state index contributed by atoms with van der Waals surface area (Å²) in [5, 5.41) is 35.4. The van der Waals surface area contributed by atoms with Crippen LogP contribution in [-0.2, 0) is 16.0 Å². The van der Waals surface area contributed by atoms with Gasteiger partial charge in [0.1, 0.15) is 6.61 Å². The highest BCUT2D eigenvalue weighted by atomic mass is 16.5. The first-order valence-electron chi connectivity index (χ1n) is 15.3. The SMILES string of the molecule is COc1ccc(CCN=C[C@]23CC[C@H](O)C[C@]2(O)CC[C@@H]2[C@@H]3CC[C@]3(C)[C@@H](C4=CC(=O)OC4)CC[C@]23O)cc1OC. The van der Waals surface area contributed by atoms with Crippen LogP contribution in [0.3, 0.4) is 0 Å². The van der Waals surface area contributed by atoms with Crippen LogP contribution in [-0.4, -0.2) is 72.2 Å². The number of esters is 1. The van der Waals surface area contributed by atoms with Gasteiger partial charge in [0.15, 0.2) is 11.5 Å². The molecule has 8 heteroatoms. The third-order valence-electron chi connectivity index (χ3n) is 11.9. The predicted molar refractivity (Wildman–Crippen MR) is 154 cm³/mol. The minimum atomic E-state index is -1.05. The average Bonchev–Trinajstić information content (AvgIpc) is 3.50. The molecule has 41 heavy (non-hydrogen) atoms. The number of benzene rings is 1. The maximum atomic E-state index is 12.6. The van der Waals surface area contributed by atoms with Gasteiger partial charge in [0.25, 0.3) is 0 Å². The molecule has 6 rings (SSSR count). The maximum absolute atomic E-state index is 12.6. The Morgan fingerprint density at radius 2 is 1.80 bits per heavy atom. The van der Waals surface area contributed by atoms with Crippen molar-refractivity contribution in [1.29, 1.82) is 0 Å². The molecule has 1 heterocycles. The first-order chi connectivity index (χ1) is 19.6. The van der Waals surface area contributed by atoms with Crippen molar-refractivity contribution in [2.24, 2.45) is 33.6 Å². The van der Waals surface area contributed by atoms with Crippen LogP contribution in [0.4, 0.5) is 0 Å². The number of fused-ring (bicyclic) bond motifs is 5. The zero-order valence-electron chi connectivity index (χ0n) is 24.6. The van der Waals surface area contributed by atoms with Crippen LogP contribution in [0, 0.1) is 28.6 Å². The van der Waals surface area contributed by atoms with E-state index in [1.807, 2.05) is 24.4 Å². The van der Waals surface area contributed by atoms with E-state index in [0.29, 0.717) is 56.8 Å². The van der Waals surface area contributed by atoms with Crippen molar-refractivity contribution in [2.45, 2.75) is 88.4 Å². The lowest BCUT2D eigenvalue weighted by Gasteiger charge is -2.65. The molecule has 8 nitrogen and oxygen atoms in total. The third-order valence-corrected chi connectivity index (χ3v) is 11.9. The number of methoxy groups -OCH3 is 2. The zero-order valence-corrected chi connectivity index (χ0v) is 24.6. The van der Waals surface area contributed by atoms with Crippen LogP contribution in [0.1, 0.15) is 70.3 Å². The predicted octanol–water partition coefficient (Wildman–Crippen LogP) is 4.03. The van der Waals surface area contributed by atoms with E-state index in [1.54, 1.807) is 20.3 Å². The van der Waals surface area contributed by atoms with Crippen molar-refractivity contribution in [3.63, 3.8) is 0 Å². The number of carbonyl (C=O) groups excluding carboxylic acids is 1. The van der Waals surface area contributed by atoms with E-state index < -0.39 is 22.7 Å². The van der Waals surface area contributed by atoms with Crippen LogP contribution in [0.15, 0.2) is 34.8 Å². The van der Waals surface area contributed by atoms with E-state index in [2.05, 4.69) is 6.92 Å². The maximum Gasteiger partial charge on any atom is 0.331 e. The summed E-state index contributed by atoms with van der Waals surface area (Å²) in [5.74, 6) is 1.33. The fourth-order valence-corrected chi connectivity index (χ4v) is 9.82. The molecule has 0 unspecified atom stereocenters. The van der Waals surface area contributed by atoms with Gasteiger partial charge in [-0.2, -0.15) is 0 Å². The molecule has 5 aliphatic rings. The summed E-state index contributed by atoms with van der Waals surface area (Å²) in [6, 6.07) is 5.90. The molecule has 1 aromatic rings. The van der Waals surface area contributed by atoms with Crippen molar-refractivity contribution in [2.75, 3.05) is 27.4 Å². The molecule has 3 N–H and O–H groups in total. The van der Waals surface area contributed by atoms with E-state index in [1.165, 1.54) is 0 Å². The van der Waals surface area contributed by atoms with E-state index in [-0.39, 0.29) is 29.1 Å². The average molecular weight is 568 g/mol. The van der Waals surface area contributed by atoms with Gasteiger partial charge in [0, 0.05) is 36.1 Å². The van der Waals surface area contributed by atoms with Gasteiger partial charge in [-0.25, -0.2) is 4.79 Å². The molecule has 0 amide bonds. The van der Waals surface area contributed by atoms with E-state index >= 15 is 0 Å². The molecule has 1 aromatic carbocycles. The van der Waals surface area contributed by atoms with Crippen molar-refractivity contribution >= 4 is 12.2 Å². The van der Waals surface area contributed by atoms with Crippen molar-refractivity contribution in [3.8, 4) is 11.5 Å². The summed E-state index contributed by atoms with van der Waals surface area (Å²) in [6.45, 7) is 3.11. The molecule has 0 spiro atoms. The number of ether oxygens (including phenoxy) is 3. The monoisotopic (exact) mass is 567 g/mol. The molecule has 0 bridgehead atoms. The second-order valence-corrected chi connectivity index (χ2v) is 13.5. The number of aliphatic hydroxyl groups is 3. The number of nitrogens with zero attached hydrogens (tertiary/aromatic N) is 1. The topological polar surface area (TPSA) is 118 Å². The molecular formula is C33H45NO7. The summed E-state index contributed by atoms with van der Waals surface area (Å²) in [7, 11) is 3.25. The largest absolute Gasteiger partial charge is 0.493 e. The van der Waals surface area contributed by atoms with Gasteiger partial charge in [-0.15, -0.1) is 0 Å². The molecule has 8 atom stereocenters. The summed E-state index contributed by atoms with van der Waals surface area (Å²) in [4.78, 5) is 16.8. The van der Waals surface area contributed by atoms with Crippen LogP contribution < -0.4 is 9.47 Å². The number of hydrogen-bond acceptors (Lipinski definition) is 8. The number of carbonyl (C=O) groups is 1. The summed E-state index contributed by atoms with van der Waals surface area (Å²) in [6.07, 6.45) is 10.00. The minimum Gasteiger partial charge on any atom is -0.493 e. The van der Waals surface area contributed by atoms with Gasteiger partial charge in [0.05, 0.1) is 31.5 Å². The molecule has 0 radical (unpaired) electrons. The molecule has 224 valence electrons. The number of hydrogen-bond donors (Lipinski definition) is 3. The zero-order chi connectivity index (χ0) is 29.0. The van der Waals surface area contributed by atoms with Gasteiger partial charge in [-0.05, 0) is 98.8 Å². The summed E-state index contributed by atoms with van der Waals surface area (Å²) in [5.41, 5.74) is -0.750. The Hall–Kier alpha value is -2.42. The summed E-state index contributed by atoms with van der Waals surface area (Å²) >= 11 is 0. The van der Waals surface area contributed by atoms with Gasteiger partial charge < -0.3 is 29.5 Å². The molecule has 4 aliphatic carbocycles. The quantitative estimate of drug-likeness (QED) is 0.336. The highest BCUT2D eigenvalue weighted by molar-refractivity contribution is 5.85. The van der Waals surface area contributed by atoms with Crippen LogP contribution in [0.2, 0.25) is 0 Å². The number of aliphatic imine (C=N–C) groups is 1. The lowest BCUT2D eigenvalue weighted by atomic mass is 9.41. The molecule has 4 fully saturated rings. The van der Waals surface area contributed by atoms with E-state index in [4.69, 9.17) is 19.2 Å². The molecule has 0 aromatic heterocycles. The second-order valence-electron chi connectivity index (χ2n) is 13.5. The van der Waals surface area contributed by atoms with Gasteiger partial charge in [-0.3, -0.25) is 4.99 Å². The molecule has 0 saturated heterocycles. The number of aliphatic hydroxyl groups excluding tert-OH is 1. The third kappa shape index (κ3) is 4.35. The first-order valence-corrected chi connectivity index (χ1v) is 15.3. The minimum absolute atomic E-state index is 0.0256. The molecule has 4 saturated carbocycles. The van der Waals surface area contributed by atoms with Gasteiger partial charge in [-0.1, -0.05) is 13.0 Å². The lowest BCUT2D eigenvalue weighted by molar-refractivity contribution is -0.237. The Balaban J connectivity index is 1.27. The van der Waals surface area contributed by atoms with E-state index in [9.17, 15) is 20.1 Å². The Bertz CT molecular complexity index is 1250. The molecule has 1 aliphatic heterocycles. The highest BCUT2D eigenvalue weighted by Crippen LogP contribution is 2.70. The number of rotatable bonds is 7. The molecular weight excluding hydrogens is 522 g/mol. The van der Waals surface area contributed by atoms with Crippen LogP contribution in [0.25, 0.3) is 0 Å². The Labute approximate surface area is 242 Å². The highest BCUT2D eigenvalue weighted by Gasteiger charge is 2.71. The Morgan fingerprint density at radius 3 is 2.54 bits per heavy atom. The second kappa shape index (κ2) is 10.4. The Kier molecular flexibility index (Phi) is 7.27. The van der Waals surface area contributed by atoms with Gasteiger partial charge >= 0.3 is 5.97 Å². The van der Waals surface area contributed by atoms with Crippen molar-refractivity contribution < 1.29 is 34.3 Å². The van der Waals surface area contributed by atoms with Crippen molar-refractivity contribution in [1.82, 2.24) is 0 Å². The van der Waals surface area contributed by atoms with Gasteiger partial charge in [0.2, 0.25) is 0 Å². The lowest BCUT2D eigenvalue weighted by Crippen LogP contribution is -2.68. The first kappa shape index (κ1) is 28.7. The van der Waals surface area contributed by atoms with Crippen LogP contribution in [0.5, 0.6) is 11.5 Å².